The maximum Gasteiger partial charge on any atom is 0.144 e. The summed E-state index contributed by atoms with van der Waals surface area (Å²) in [6.45, 7) is 2.04. The average molecular weight is 324 g/mol. The van der Waals surface area contributed by atoms with Crippen molar-refractivity contribution in [3.05, 3.63) is 51.6 Å². The number of nitrogens with zero attached hydrogens (tertiary/aromatic N) is 2. The molecule has 0 atom stereocenters. The number of halogens is 2. The number of rotatable bonds is 4. The van der Waals surface area contributed by atoms with Crippen LogP contribution in [0.15, 0.2) is 28.7 Å². The molecule has 0 unspecified atom stereocenters. The van der Waals surface area contributed by atoms with E-state index in [2.05, 4.69) is 31.2 Å². The number of benzene rings is 1. The molecule has 0 amide bonds. The van der Waals surface area contributed by atoms with Gasteiger partial charge in [-0.3, -0.25) is 0 Å². The van der Waals surface area contributed by atoms with Crippen LogP contribution in [0.25, 0.3) is 0 Å². The van der Waals surface area contributed by atoms with Crippen LogP contribution >= 0.6 is 15.9 Å². The molecule has 100 valence electrons. The van der Waals surface area contributed by atoms with E-state index in [0.717, 1.165) is 28.0 Å². The van der Waals surface area contributed by atoms with Gasteiger partial charge in [0.05, 0.1) is 10.2 Å². The Hall–Kier alpha value is -1.49. The summed E-state index contributed by atoms with van der Waals surface area (Å²) >= 11 is 3.49. The van der Waals surface area contributed by atoms with Crippen LogP contribution in [0.3, 0.4) is 0 Å². The Balaban J connectivity index is 2.35. The molecule has 2 aromatic rings. The summed E-state index contributed by atoms with van der Waals surface area (Å²) in [5.41, 5.74) is 1.82. The predicted molar refractivity (Wildman–Crippen MR) is 77.9 cm³/mol. The van der Waals surface area contributed by atoms with Crippen molar-refractivity contribution in [3.8, 4) is 0 Å². The summed E-state index contributed by atoms with van der Waals surface area (Å²) in [7, 11) is 1.82. The van der Waals surface area contributed by atoms with E-state index < -0.39 is 0 Å². The predicted octanol–water partition coefficient (Wildman–Crippen LogP) is 3.57. The first-order chi connectivity index (χ1) is 9.13. The molecule has 1 aromatic heterocycles. The van der Waals surface area contributed by atoms with Gasteiger partial charge < -0.3 is 5.32 Å². The molecule has 0 aliphatic heterocycles. The van der Waals surface area contributed by atoms with Crippen molar-refractivity contribution in [1.82, 2.24) is 9.97 Å². The van der Waals surface area contributed by atoms with Crippen molar-refractivity contribution in [2.24, 2.45) is 0 Å². The van der Waals surface area contributed by atoms with E-state index in [1.807, 2.05) is 20.0 Å². The zero-order valence-corrected chi connectivity index (χ0v) is 12.5. The molecular formula is C14H15BrFN3. The van der Waals surface area contributed by atoms with Gasteiger partial charge in [0.15, 0.2) is 0 Å². The van der Waals surface area contributed by atoms with Crippen LogP contribution in [0.5, 0.6) is 0 Å². The Labute approximate surface area is 120 Å². The lowest BCUT2D eigenvalue weighted by molar-refractivity contribution is 0.625. The first-order valence-electron chi connectivity index (χ1n) is 6.11. The van der Waals surface area contributed by atoms with Gasteiger partial charge in [0.1, 0.15) is 17.5 Å². The number of aryl methyl sites for hydroxylation is 1. The van der Waals surface area contributed by atoms with Gasteiger partial charge in [-0.25, -0.2) is 14.4 Å². The first kappa shape index (κ1) is 13.9. The number of nitrogens with one attached hydrogen (secondary N) is 1. The fourth-order valence-electron chi connectivity index (χ4n) is 1.85. The van der Waals surface area contributed by atoms with Crippen molar-refractivity contribution >= 4 is 21.7 Å². The zero-order valence-electron chi connectivity index (χ0n) is 10.9. The maximum atomic E-state index is 13.2. The van der Waals surface area contributed by atoms with Crippen LogP contribution < -0.4 is 5.32 Å². The van der Waals surface area contributed by atoms with Crippen LogP contribution in [0.2, 0.25) is 0 Å². The van der Waals surface area contributed by atoms with E-state index >= 15 is 0 Å². The molecule has 0 fully saturated rings. The number of anilines is 1. The van der Waals surface area contributed by atoms with Gasteiger partial charge in [-0.05, 0) is 40.0 Å². The second-order valence-electron chi connectivity index (χ2n) is 4.16. The van der Waals surface area contributed by atoms with Crippen LogP contribution in [0.4, 0.5) is 10.2 Å². The molecule has 0 spiro atoms. The van der Waals surface area contributed by atoms with Gasteiger partial charge in [-0.15, -0.1) is 0 Å². The molecule has 0 saturated heterocycles. The fourth-order valence-corrected chi connectivity index (χ4v) is 2.51. The molecule has 3 nitrogen and oxygen atoms in total. The van der Waals surface area contributed by atoms with Gasteiger partial charge in [0.2, 0.25) is 0 Å². The summed E-state index contributed by atoms with van der Waals surface area (Å²) in [6.07, 6.45) is 1.33. The minimum absolute atomic E-state index is 0.237. The summed E-state index contributed by atoms with van der Waals surface area (Å²) in [5, 5.41) is 3.04. The molecule has 19 heavy (non-hydrogen) atoms. The molecule has 0 saturated carbocycles. The molecule has 0 radical (unpaired) electrons. The van der Waals surface area contributed by atoms with Crippen molar-refractivity contribution in [1.29, 1.82) is 0 Å². The second-order valence-corrected chi connectivity index (χ2v) is 4.95. The monoisotopic (exact) mass is 323 g/mol. The van der Waals surface area contributed by atoms with Crippen LogP contribution in [0.1, 0.15) is 24.0 Å². The van der Waals surface area contributed by atoms with Crippen LogP contribution in [-0.2, 0) is 12.8 Å². The summed E-state index contributed by atoms with van der Waals surface area (Å²) in [5.74, 6) is 1.22. The normalized spacial score (nSPS) is 10.5. The fraction of sp³-hybridized carbons (Fsp3) is 0.286. The van der Waals surface area contributed by atoms with Crippen LogP contribution in [0, 0.1) is 5.82 Å². The highest BCUT2D eigenvalue weighted by Crippen LogP contribution is 2.24. The van der Waals surface area contributed by atoms with E-state index in [4.69, 9.17) is 0 Å². The molecule has 1 aromatic carbocycles. The van der Waals surface area contributed by atoms with Crippen molar-refractivity contribution in [2.75, 3.05) is 12.4 Å². The average Bonchev–Trinajstić information content (AvgIpc) is 2.40. The standard InChI is InChI=1S/C14H15BrFN3/c1-3-11-13(15)14(17-2)19-12(18-11)8-9-5-4-6-10(16)7-9/h4-7H,3,8H2,1-2H3,(H,17,18,19). The minimum atomic E-state index is -0.237. The van der Waals surface area contributed by atoms with Gasteiger partial charge in [-0.1, -0.05) is 19.1 Å². The van der Waals surface area contributed by atoms with Gasteiger partial charge >= 0.3 is 0 Å². The van der Waals surface area contributed by atoms with E-state index in [0.29, 0.717) is 12.2 Å². The highest BCUT2D eigenvalue weighted by molar-refractivity contribution is 9.10. The smallest absolute Gasteiger partial charge is 0.144 e. The summed E-state index contributed by atoms with van der Waals surface area (Å²) < 4.78 is 14.1. The quantitative estimate of drug-likeness (QED) is 0.934. The van der Waals surface area contributed by atoms with E-state index in [1.165, 1.54) is 12.1 Å². The van der Waals surface area contributed by atoms with Crippen molar-refractivity contribution in [3.63, 3.8) is 0 Å². The molecule has 0 bridgehead atoms. The lowest BCUT2D eigenvalue weighted by atomic mass is 10.1. The molecule has 1 N–H and O–H groups in total. The van der Waals surface area contributed by atoms with E-state index in [1.54, 1.807) is 6.07 Å². The third-order valence-electron chi connectivity index (χ3n) is 2.79. The van der Waals surface area contributed by atoms with Gasteiger partial charge in [0.25, 0.3) is 0 Å². The Morgan fingerprint density at radius 2 is 2.11 bits per heavy atom. The number of hydrogen-bond donors (Lipinski definition) is 1. The number of aromatic nitrogens is 2. The first-order valence-corrected chi connectivity index (χ1v) is 6.90. The molecule has 5 heteroatoms. The SMILES string of the molecule is CCc1nc(Cc2cccc(F)c2)nc(NC)c1Br. The molecule has 0 aliphatic rings. The van der Waals surface area contributed by atoms with Crippen LogP contribution in [-0.4, -0.2) is 17.0 Å². The minimum Gasteiger partial charge on any atom is -0.372 e. The summed E-state index contributed by atoms with van der Waals surface area (Å²) in [4.78, 5) is 8.94. The Morgan fingerprint density at radius 1 is 1.32 bits per heavy atom. The third-order valence-corrected chi connectivity index (χ3v) is 3.62. The molecule has 2 rings (SSSR count). The highest BCUT2D eigenvalue weighted by atomic mass is 79.9. The van der Waals surface area contributed by atoms with Gasteiger partial charge in [-0.2, -0.15) is 0 Å². The molecule has 1 heterocycles. The molecule has 0 aliphatic carbocycles. The zero-order chi connectivity index (χ0) is 13.8. The molecular weight excluding hydrogens is 309 g/mol. The maximum absolute atomic E-state index is 13.2. The van der Waals surface area contributed by atoms with E-state index in [9.17, 15) is 4.39 Å². The highest BCUT2D eigenvalue weighted by Gasteiger charge is 2.10. The lowest BCUT2D eigenvalue weighted by Crippen LogP contribution is -2.06. The topological polar surface area (TPSA) is 37.8 Å². The largest absolute Gasteiger partial charge is 0.372 e. The summed E-state index contributed by atoms with van der Waals surface area (Å²) in [6, 6.07) is 6.51. The number of hydrogen-bond acceptors (Lipinski definition) is 3. The Morgan fingerprint density at radius 3 is 2.74 bits per heavy atom. The second kappa shape index (κ2) is 6.10. The Kier molecular flexibility index (Phi) is 4.47. The van der Waals surface area contributed by atoms with E-state index in [-0.39, 0.29) is 5.82 Å². The van der Waals surface area contributed by atoms with Gasteiger partial charge in [0, 0.05) is 13.5 Å². The Bertz CT molecular complexity index is 562. The lowest BCUT2D eigenvalue weighted by Gasteiger charge is -2.10. The third kappa shape index (κ3) is 3.29. The van der Waals surface area contributed by atoms with Crippen molar-refractivity contribution < 1.29 is 4.39 Å². The van der Waals surface area contributed by atoms with Crippen molar-refractivity contribution in [2.45, 2.75) is 19.8 Å².